The largest absolute Gasteiger partial charge is 0.504 e. The number of nitrogens with one attached hydrogen (secondary N) is 1. The molecule has 1 amide bonds. The highest BCUT2D eigenvalue weighted by atomic mass is 32.1. The number of carbonyl (C=O) groups excluding carboxylic acids is 1. The molecule has 1 aromatic carbocycles. The van der Waals surface area contributed by atoms with Gasteiger partial charge in [0.05, 0.1) is 11.9 Å². The van der Waals surface area contributed by atoms with Gasteiger partial charge in [-0.3, -0.25) is 10.1 Å². The van der Waals surface area contributed by atoms with Gasteiger partial charge in [-0.15, -0.1) is 11.3 Å². The van der Waals surface area contributed by atoms with Crippen LogP contribution in [0.1, 0.15) is 40.7 Å². The monoisotopic (exact) mass is 342 g/mol. The summed E-state index contributed by atoms with van der Waals surface area (Å²) in [5.74, 6) is -0.277. The quantitative estimate of drug-likeness (QED) is 0.757. The van der Waals surface area contributed by atoms with E-state index >= 15 is 0 Å². The van der Waals surface area contributed by atoms with Crippen LogP contribution >= 0.6 is 11.3 Å². The van der Waals surface area contributed by atoms with E-state index in [1.165, 1.54) is 22.2 Å². The lowest BCUT2D eigenvalue weighted by Gasteiger charge is -2.07. The van der Waals surface area contributed by atoms with Crippen LogP contribution in [-0.4, -0.2) is 25.8 Å². The van der Waals surface area contributed by atoms with Crippen LogP contribution in [0.4, 0.5) is 5.13 Å². The molecule has 124 valence electrons. The number of aryl methyl sites for hydroxylation is 1. The molecule has 0 fully saturated rings. The first kappa shape index (κ1) is 16.2. The molecule has 0 saturated carbocycles. The number of carbonyl (C=O) groups is 1. The molecule has 7 heteroatoms. The van der Waals surface area contributed by atoms with Gasteiger partial charge in [-0.25, -0.2) is 9.67 Å². The summed E-state index contributed by atoms with van der Waals surface area (Å²) >= 11 is 1.37. The van der Waals surface area contributed by atoms with Crippen molar-refractivity contribution in [3.8, 4) is 11.4 Å². The minimum absolute atomic E-state index is 0.0298. The Morgan fingerprint density at radius 3 is 2.83 bits per heavy atom. The van der Waals surface area contributed by atoms with Gasteiger partial charge in [0.15, 0.2) is 16.6 Å². The Kier molecular flexibility index (Phi) is 4.35. The van der Waals surface area contributed by atoms with Crippen molar-refractivity contribution in [2.24, 2.45) is 0 Å². The summed E-state index contributed by atoms with van der Waals surface area (Å²) in [6, 6.07) is 7.84. The first-order valence-electron chi connectivity index (χ1n) is 7.57. The number of benzene rings is 1. The third kappa shape index (κ3) is 3.30. The zero-order valence-electron chi connectivity index (χ0n) is 13.6. The van der Waals surface area contributed by atoms with E-state index in [2.05, 4.69) is 29.2 Å². The van der Waals surface area contributed by atoms with Crippen molar-refractivity contribution in [3.63, 3.8) is 0 Å². The van der Waals surface area contributed by atoms with E-state index in [1.54, 1.807) is 6.20 Å². The predicted molar refractivity (Wildman–Crippen MR) is 94.1 cm³/mol. The fraction of sp³-hybridized carbons (Fsp3) is 0.235. The third-order valence-electron chi connectivity index (χ3n) is 3.55. The van der Waals surface area contributed by atoms with Crippen molar-refractivity contribution in [2.45, 2.75) is 26.7 Å². The van der Waals surface area contributed by atoms with Crippen LogP contribution < -0.4 is 5.32 Å². The molecule has 24 heavy (non-hydrogen) atoms. The topological polar surface area (TPSA) is 80.0 Å². The van der Waals surface area contributed by atoms with E-state index in [0.29, 0.717) is 11.0 Å². The molecule has 0 atom stereocenters. The number of nitrogens with zero attached hydrogens (tertiary/aromatic N) is 3. The molecular formula is C17H18N4O2S. The summed E-state index contributed by atoms with van der Waals surface area (Å²) in [6.07, 6.45) is 3.11. The van der Waals surface area contributed by atoms with Crippen LogP contribution in [-0.2, 0) is 0 Å². The lowest BCUT2D eigenvalue weighted by molar-refractivity contribution is 0.101. The minimum atomic E-state index is -0.486. The Morgan fingerprint density at radius 1 is 1.38 bits per heavy atom. The number of thiazole rings is 1. The average Bonchev–Trinajstić information content (AvgIpc) is 3.13. The summed E-state index contributed by atoms with van der Waals surface area (Å²) in [4.78, 5) is 17.4. The summed E-state index contributed by atoms with van der Waals surface area (Å²) in [5.41, 5.74) is 1.92. The molecule has 0 saturated heterocycles. The number of anilines is 1. The highest BCUT2D eigenvalue weighted by Crippen LogP contribution is 2.23. The SMILES string of the molecule is Cc1cnc(NC(=O)c2nn(-c3cccc(C(C)C)c3)cc2O)s1. The van der Waals surface area contributed by atoms with Gasteiger partial charge in [0.1, 0.15) is 0 Å². The lowest BCUT2D eigenvalue weighted by atomic mass is 10.0. The van der Waals surface area contributed by atoms with Crippen molar-refractivity contribution >= 4 is 22.4 Å². The Bertz CT molecular complexity index is 882. The van der Waals surface area contributed by atoms with E-state index in [0.717, 1.165) is 16.1 Å². The maximum atomic E-state index is 12.3. The summed E-state index contributed by atoms with van der Waals surface area (Å²) < 4.78 is 1.50. The van der Waals surface area contributed by atoms with Crippen molar-refractivity contribution < 1.29 is 9.90 Å². The number of aromatic nitrogens is 3. The molecule has 0 spiro atoms. The van der Waals surface area contributed by atoms with Crippen molar-refractivity contribution in [1.82, 2.24) is 14.8 Å². The van der Waals surface area contributed by atoms with E-state index < -0.39 is 5.91 Å². The smallest absolute Gasteiger partial charge is 0.281 e. The second-order valence-electron chi connectivity index (χ2n) is 5.79. The molecule has 2 heterocycles. The van der Waals surface area contributed by atoms with Gasteiger partial charge in [-0.2, -0.15) is 5.10 Å². The first-order chi connectivity index (χ1) is 11.4. The van der Waals surface area contributed by atoms with Crippen LogP contribution in [0.25, 0.3) is 5.69 Å². The molecule has 0 aliphatic carbocycles. The maximum absolute atomic E-state index is 12.3. The molecule has 6 nitrogen and oxygen atoms in total. The van der Waals surface area contributed by atoms with Gasteiger partial charge in [0, 0.05) is 11.1 Å². The minimum Gasteiger partial charge on any atom is -0.504 e. The Morgan fingerprint density at radius 2 is 2.17 bits per heavy atom. The molecule has 2 aromatic heterocycles. The Balaban J connectivity index is 1.87. The van der Waals surface area contributed by atoms with Crippen molar-refractivity contribution in [2.75, 3.05) is 5.32 Å². The van der Waals surface area contributed by atoms with Gasteiger partial charge in [0.25, 0.3) is 5.91 Å². The standard InChI is InChI=1S/C17H18N4O2S/c1-10(2)12-5-4-6-13(7-12)21-9-14(22)15(20-21)16(23)19-17-18-8-11(3)24-17/h4-10,22H,1-3H3,(H,18,19,23). The van der Waals surface area contributed by atoms with Crippen molar-refractivity contribution in [1.29, 1.82) is 0 Å². The average molecular weight is 342 g/mol. The van der Waals surface area contributed by atoms with Crippen LogP contribution in [0.3, 0.4) is 0 Å². The molecule has 3 rings (SSSR count). The molecule has 0 unspecified atom stereocenters. The molecule has 2 N–H and O–H groups in total. The Labute approximate surface area is 143 Å². The van der Waals surface area contributed by atoms with Gasteiger partial charge in [-0.05, 0) is 30.5 Å². The van der Waals surface area contributed by atoms with E-state index in [1.807, 2.05) is 31.2 Å². The second-order valence-corrected chi connectivity index (χ2v) is 7.02. The van der Waals surface area contributed by atoms with Crippen LogP contribution in [0.5, 0.6) is 5.75 Å². The normalized spacial score (nSPS) is 11.0. The molecule has 0 aliphatic heterocycles. The summed E-state index contributed by atoms with van der Waals surface area (Å²) in [7, 11) is 0. The van der Waals surface area contributed by atoms with Crippen LogP contribution in [0, 0.1) is 6.92 Å². The predicted octanol–water partition coefficient (Wildman–Crippen LogP) is 3.72. The van der Waals surface area contributed by atoms with Crippen LogP contribution in [0.2, 0.25) is 0 Å². The highest BCUT2D eigenvalue weighted by Gasteiger charge is 2.18. The number of amides is 1. The van der Waals surface area contributed by atoms with Gasteiger partial charge in [0.2, 0.25) is 0 Å². The number of hydrogen-bond acceptors (Lipinski definition) is 5. The number of rotatable bonds is 4. The van der Waals surface area contributed by atoms with Crippen LogP contribution in [0.15, 0.2) is 36.7 Å². The summed E-state index contributed by atoms with van der Waals surface area (Å²) in [6.45, 7) is 6.12. The number of hydrogen-bond donors (Lipinski definition) is 2. The zero-order chi connectivity index (χ0) is 17.3. The third-order valence-corrected chi connectivity index (χ3v) is 4.38. The van der Waals surface area contributed by atoms with Gasteiger partial charge >= 0.3 is 0 Å². The maximum Gasteiger partial charge on any atom is 0.281 e. The molecule has 0 radical (unpaired) electrons. The highest BCUT2D eigenvalue weighted by molar-refractivity contribution is 7.15. The van der Waals surface area contributed by atoms with E-state index in [9.17, 15) is 9.90 Å². The molecule has 0 bridgehead atoms. The lowest BCUT2D eigenvalue weighted by Crippen LogP contribution is -2.13. The van der Waals surface area contributed by atoms with Gasteiger partial charge in [-0.1, -0.05) is 26.0 Å². The van der Waals surface area contributed by atoms with Crippen molar-refractivity contribution in [3.05, 3.63) is 52.8 Å². The molecule has 3 aromatic rings. The van der Waals surface area contributed by atoms with E-state index in [4.69, 9.17) is 0 Å². The molecule has 0 aliphatic rings. The first-order valence-corrected chi connectivity index (χ1v) is 8.38. The summed E-state index contributed by atoms with van der Waals surface area (Å²) in [5, 5.41) is 17.4. The molecular weight excluding hydrogens is 324 g/mol. The number of aromatic hydroxyl groups is 1. The van der Waals surface area contributed by atoms with E-state index in [-0.39, 0.29) is 11.4 Å². The fourth-order valence-corrected chi connectivity index (χ4v) is 2.91. The Hall–Kier alpha value is -2.67. The fourth-order valence-electron chi connectivity index (χ4n) is 2.25. The zero-order valence-corrected chi connectivity index (χ0v) is 14.5. The second kappa shape index (κ2) is 6.45. The van der Waals surface area contributed by atoms with Gasteiger partial charge < -0.3 is 5.11 Å².